The van der Waals surface area contributed by atoms with E-state index in [9.17, 15) is 22.8 Å². The molecule has 2 aromatic rings. The second-order valence-electron chi connectivity index (χ2n) is 6.36. The molecule has 27 heavy (non-hydrogen) atoms. The van der Waals surface area contributed by atoms with Gasteiger partial charge in [0.25, 0.3) is 11.5 Å². The number of ketones is 1. The average Bonchev–Trinajstić information content (AvgIpc) is 3.09. The molecule has 8 nitrogen and oxygen atoms in total. The van der Waals surface area contributed by atoms with Crippen molar-refractivity contribution >= 4 is 32.9 Å². The second-order valence-corrected chi connectivity index (χ2v) is 9.89. The molecule has 2 rings (SSSR count). The van der Waals surface area contributed by atoms with Crippen LogP contribution in [0.1, 0.15) is 29.9 Å². The highest BCUT2D eigenvalue weighted by molar-refractivity contribution is 7.92. The Bertz CT molecular complexity index is 1040. The number of aromatic nitrogens is 1. The molecule has 0 spiro atoms. The van der Waals surface area contributed by atoms with Gasteiger partial charge >= 0.3 is 0 Å². The minimum atomic E-state index is -3.83. The minimum absolute atomic E-state index is 0.0285. The van der Waals surface area contributed by atoms with Crippen LogP contribution in [0.2, 0.25) is 0 Å². The van der Waals surface area contributed by atoms with E-state index in [2.05, 4.69) is 0 Å². The van der Waals surface area contributed by atoms with Gasteiger partial charge in [-0.1, -0.05) is 0 Å². The maximum atomic E-state index is 12.4. The molecule has 2 aromatic heterocycles. The molecular weight excluding hydrogens is 392 g/mol. The fourth-order valence-electron chi connectivity index (χ4n) is 2.45. The van der Waals surface area contributed by atoms with E-state index in [1.54, 1.807) is 18.2 Å². The molecule has 0 bridgehead atoms. The van der Waals surface area contributed by atoms with Crippen molar-refractivity contribution in [2.45, 2.75) is 31.6 Å². The van der Waals surface area contributed by atoms with Gasteiger partial charge in [-0.2, -0.15) is 0 Å². The van der Waals surface area contributed by atoms with Gasteiger partial charge in [0, 0.05) is 29.9 Å². The van der Waals surface area contributed by atoms with E-state index in [0.717, 1.165) is 11.1 Å². The van der Waals surface area contributed by atoms with Crippen LogP contribution in [0.4, 0.5) is 0 Å². The molecule has 0 aliphatic rings. The van der Waals surface area contributed by atoms with Gasteiger partial charge in [0.05, 0.1) is 4.88 Å². The number of rotatable bonds is 7. The van der Waals surface area contributed by atoms with Crippen LogP contribution < -0.4 is 11.0 Å². The van der Waals surface area contributed by atoms with Crippen LogP contribution in [0.15, 0.2) is 35.3 Å². The van der Waals surface area contributed by atoms with Gasteiger partial charge in [-0.15, -0.1) is 11.3 Å². The lowest BCUT2D eigenvalue weighted by Crippen LogP contribution is -2.49. The van der Waals surface area contributed by atoms with E-state index >= 15 is 0 Å². The Labute approximate surface area is 160 Å². The number of carbonyl (C=O) groups excluding carboxylic acids is 2. The molecule has 1 unspecified atom stereocenters. The summed E-state index contributed by atoms with van der Waals surface area (Å²) in [5, 5.41) is 8.83. The number of sulfone groups is 1. The first-order chi connectivity index (χ1) is 12.5. The monoisotopic (exact) mass is 412 g/mol. The van der Waals surface area contributed by atoms with Crippen molar-refractivity contribution in [1.29, 1.82) is 0 Å². The van der Waals surface area contributed by atoms with Crippen LogP contribution in [0.5, 0.6) is 0 Å². The predicted octanol–water partition coefficient (Wildman–Crippen LogP) is 1.48. The molecule has 10 heteroatoms. The quantitative estimate of drug-likeness (QED) is 0.403. The van der Waals surface area contributed by atoms with Gasteiger partial charge in [0.1, 0.15) is 0 Å². The van der Waals surface area contributed by atoms with Crippen LogP contribution >= 0.6 is 11.3 Å². The average molecular weight is 412 g/mol. The summed E-state index contributed by atoms with van der Waals surface area (Å²) < 4.78 is 23.4. The summed E-state index contributed by atoms with van der Waals surface area (Å²) in [6.07, 6.45) is 2.22. The molecule has 0 radical (unpaired) electrons. The zero-order valence-electron chi connectivity index (χ0n) is 15.1. The van der Waals surface area contributed by atoms with Crippen molar-refractivity contribution < 1.29 is 23.2 Å². The van der Waals surface area contributed by atoms with Crippen LogP contribution in [-0.4, -0.2) is 40.9 Å². The highest BCUT2D eigenvalue weighted by Gasteiger charge is 2.43. The van der Waals surface area contributed by atoms with Crippen LogP contribution in [0.25, 0.3) is 10.4 Å². The molecule has 146 valence electrons. The zero-order valence-corrected chi connectivity index (χ0v) is 16.7. The summed E-state index contributed by atoms with van der Waals surface area (Å²) in [5.74, 6) is -1.10. The van der Waals surface area contributed by atoms with Crippen molar-refractivity contribution in [2.75, 3.05) is 6.26 Å². The van der Waals surface area contributed by atoms with E-state index < -0.39 is 20.5 Å². The van der Waals surface area contributed by atoms with E-state index in [1.165, 1.54) is 47.5 Å². The van der Waals surface area contributed by atoms with Crippen LogP contribution in [-0.2, 0) is 21.2 Å². The number of Topliss-reactive ketones (excluding diaryl/α,β-unsaturated/α-hetero) is 1. The van der Waals surface area contributed by atoms with Gasteiger partial charge in [0.15, 0.2) is 20.4 Å². The first-order valence-electron chi connectivity index (χ1n) is 7.95. The number of hydrogen-bond donors (Lipinski definition) is 2. The molecule has 0 aromatic carbocycles. The Balaban J connectivity index is 2.26. The number of nitrogens with zero attached hydrogens (tertiary/aromatic N) is 1. The van der Waals surface area contributed by atoms with Gasteiger partial charge < -0.3 is 4.57 Å². The zero-order chi connectivity index (χ0) is 20.4. The van der Waals surface area contributed by atoms with Crippen LogP contribution in [0.3, 0.4) is 0 Å². The highest BCUT2D eigenvalue weighted by Crippen LogP contribution is 2.27. The third-order valence-electron chi connectivity index (χ3n) is 4.46. The van der Waals surface area contributed by atoms with Gasteiger partial charge in [0.2, 0.25) is 0 Å². The largest absolute Gasteiger partial charge is 0.315 e. The van der Waals surface area contributed by atoms with Gasteiger partial charge in [-0.25, -0.2) is 13.9 Å². The van der Waals surface area contributed by atoms with E-state index in [1.807, 2.05) is 0 Å². The number of pyridine rings is 1. The van der Waals surface area contributed by atoms with E-state index in [-0.39, 0.29) is 24.3 Å². The fraction of sp³-hybridized carbons (Fsp3) is 0.353. The van der Waals surface area contributed by atoms with Crippen molar-refractivity contribution in [3.8, 4) is 10.4 Å². The lowest BCUT2D eigenvalue weighted by atomic mass is 10.1. The third kappa shape index (κ3) is 4.34. The number of carbonyl (C=O) groups is 2. The van der Waals surface area contributed by atoms with Crippen molar-refractivity contribution in [2.24, 2.45) is 0 Å². The second kappa shape index (κ2) is 7.75. The summed E-state index contributed by atoms with van der Waals surface area (Å²) in [7, 11) is -3.83. The normalized spacial score (nSPS) is 13.8. The SMILES string of the molecule is CC(=O)c1ccc(-c2ccn(CCC(C)(C(=O)NO)S(C)(=O)=O)c(=O)c2)s1. The molecule has 1 atom stereocenters. The smallest absolute Gasteiger partial charge is 0.264 e. The van der Waals surface area contributed by atoms with Crippen molar-refractivity contribution in [1.82, 2.24) is 10.0 Å². The first-order valence-corrected chi connectivity index (χ1v) is 10.7. The number of hydrogen-bond acceptors (Lipinski definition) is 7. The van der Waals surface area contributed by atoms with Crippen molar-refractivity contribution in [3.63, 3.8) is 0 Å². The fourth-order valence-corrected chi connectivity index (χ4v) is 4.19. The molecule has 2 heterocycles. The summed E-state index contributed by atoms with van der Waals surface area (Å²) in [6, 6.07) is 6.52. The minimum Gasteiger partial charge on any atom is -0.315 e. The standard InChI is InChI=1S/C17H20N2O6S2/c1-11(20)13-4-5-14(26-13)12-6-8-19(15(21)10-12)9-7-17(2,16(22)18-23)27(3,24)25/h4-6,8,10,23H,7,9H2,1-3H3,(H,18,22). The summed E-state index contributed by atoms with van der Waals surface area (Å²) in [6.45, 7) is 2.64. The topological polar surface area (TPSA) is 123 Å². The number of amides is 1. The Morgan fingerprint density at radius 3 is 2.44 bits per heavy atom. The first kappa shape index (κ1) is 21.0. The Kier molecular flexibility index (Phi) is 6.03. The third-order valence-corrected chi connectivity index (χ3v) is 7.73. The maximum absolute atomic E-state index is 12.4. The maximum Gasteiger partial charge on any atom is 0.264 e. The Morgan fingerprint density at radius 1 is 1.30 bits per heavy atom. The number of aryl methyl sites for hydroxylation is 1. The van der Waals surface area contributed by atoms with Crippen molar-refractivity contribution in [3.05, 3.63) is 45.7 Å². The summed E-state index contributed by atoms with van der Waals surface area (Å²) in [4.78, 5) is 36.9. The molecule has 0 aliphatic heterocycles. The van der Waals surface area contributed by atoms with Gasteiger partial charge in [-0.3, -0.25) is 19.6 Å². The molecule has 1 amide bonds. The summed E-state index contributed by atoms with van der Waals surface area (Å²) >= 11 is 1.28. The molecule has 0 aliphatic carbocycles. The number of thiophene rings is 1. The van der Waals surface area contributed by atoms with E-state index in [0.29, 0.717) is 10.4 Å². The molecule has 0 saturated heterocycles. The lowest BCUT2D eigenvalue weighted by Gasteiger charge is -2.25. The lowest BCUT2D eigenvalue weighted by molar-refractivity contribution is -0.131. The van der Waals surface area contributed by atoms with Gasteiger partial charge in [-0.05, 0) is 44.0 Å². The predicted molar refractivity (Wildman–Crippen MR) is 102 cm³/mol. The molecule has 0 fully saturated rings. The Hall–Kier alpha value is -2.30. The van der Waals surface area contributed by atoms with E-state index in [4.69, 9.17) is 5.21 Å². The molecular formula is C17H20N2O6S2. The molecule has 2 N–H and O–H groups in total. The number of hydroxylamine groups is 1. The van der Waals surface area contributed by atoms with Crippen LogP contribution in [0, 0.1) is 0 Å². The Morgan fingerprint density at radius 2 is 1.96 bits per heavy atom. The highest BCUT2D eigenvalue weighted by atomic mass is 32.2. The summed E-state index contributed by atoms with van der Waals surface area (Å²) in [5.41, 5.74) is 1.65. The number of nitrogens with one attached hydrogen (secondary N) is 1. The molecule has 0 saturated carbocycles.